The van der Waals surface area contributed by atoms with E-state index in [4.69, 9.17) is 0 Å². The van der Waals surface area contributed by atoms with Crippen molar-refractivity contribution < 1.29 is 9.18 Å². The van der Waals surface area contributed by atoms with E-state index in [2.05, 4.69) is 10.4 Å². The normalized spacial score (nSPS) is 10.6. The third kappa shape index (κ3) is 3.30. The molecule has 0 saturated heterocycles. The van der Waals surface area contributed by atoms with Gasteiger partial charge in [-0.1, -0.05) is 17.7 Å². The summed E-state index contributed by atoms with van der Waals surface area (Å²) >= 11 is 0. The number of nitrogens with one attached hydrogen (secondary N) is 1. The molecule has 3 rings (SSSR count). The summed E-state index contributed by atoms with van der Waals surface area (Å²) in [5.74, 6) is -1.25. The van der Waals surface area contributed by atoms with Gasteiger partial charge < -0.3 is 5.32 Å². The Morgan fingerprint density at radius 1 is 1.04 bits per heavy atom. The molecule has 0 unspecified atom stereocenters. The molecule has 1 N–H and O–H groups in total. The van der Waals surface area contributed by atoms with Crippen LogP contribution in [0.4, 0.5) is 10.1 Å². The molecule has 0 fully saturated rings. The number of hydrogen-bond acceptors (Lipinski definition) is 4. The first-order valence-electron chi connectivity index (χ1n) is 7.71. The second-order valence-electron chi connectivity index (χ2n) is 5.70. The van der Waals surface area contributed by atoms with Crippen LogP contribution in [-0.4, -0.2) is 20.3 Å². The largest absolute Gasteiger partial charge is 0.351 e. The lowest BCUT2D eigenvalue weighted by molar-refractivity contribution is 0.101. The van der Waals surface area contributed by atoms with Crippen molar-refractivity contribution in [3.05, 3.63) is 86.4 Å². The first kappa shape index (κ1) is 17.3. The van der Waals surface area contributed by atoms with Gasteiger partial charge in [0.05, 0.1) is 5.69 Å². The molecule has 3 aromatic rings. The topological polar surface area (TPSA) is 86.0 Å². The lowest BCUT2D eigenvalue weighted by Gasteiger charge is -2.10. The van der Waals surface area contributed by atoms with Crippen molar-refractivity contribution >= 4 is 11.6 Å². The van der Waals surface area contributed by atoms with Crippen molar-refractivity contribution in [3.8, 4) is 5.69 Å². The van der Waals surface area contributed by atoms with Crippen molar-refractivity contribution in [1.29, 1.82) is 0 Å². The smallest absolute Gasteiger partial charge is 0.320 e. The number of carbonyl (C=O) groups excluding carboxylic acids is 1. The molecular weight excluding hydrogens is 339 g/mol. The molecule has 8 heteroatoms. The Bertz CT molecular complexity index is 1080. The Hall–Kier alpha value is -3.55. The second kappa shape index (κ2) is 6.75. The molecule has 0 bridgehead atoms. The van der Waals surface area contributed by atoms with Crippen LogP contribution in [0.1, 0.15) is 16.1 Å². The minimum absolute atomic E-state index is 0.299. The van der Waals surface area contributed by atoms with Gasteiger partial charge >= 0.3 is 5.69 Å². The fourth-order valence-electron chi connectivity index (χ4n) is 2.29. The Balaban J connectivity index is 2.05. The van der Waals surface area contributed by atoms with Gasteiger partial charge in [-0.05, 0) is 43.3 Å². The predicted molar refractivity (Wildman–Crippen MR) is 94.2 cm³/mol. The minimum Gasteiger partial charge on any atom is -0.320 e. The summed E-state index contributed by atoms with van der Waals surface area (Å²) in [4.78, 5) is 37.0. The van der Waals surface area contributed by atoms with Gasteiger partial charge in [0.2, 0.25) is 5.69 Å². The van der Waals surface area contributed by atoms with Crippen molar-refractivity contribution in [2.75, 3.05) is 5.32 Å². The zero-order valence-electron chi connectivity index (χ0n) is 14.1. The van der Waals surface area contributed by atoms with Gasteiger partial charge in [0.15, 0.2) is 0 Å². The average Bonchev–Trinajstić information content (AvgIpc) is 2.63. The molecule has 0 saturated carbocycles. The quantitative estimate of drug-likeness (QED) is 0.775. The number of aryl methyl sites for hydroxylation is 1. The van der Waals surface area contributed by atoms with E-state index in [1.54, 1.807) is 24.3 Å². The van der Waals surface area contributed by atoms with Crippen molar-refractivity contribution in [1.82, 2.24) is 14.3 Å². The molecule has 0 radical (unpaired) electrons. The highest BCUT2D eigenvalue weighted by Crippen LogP contribution is 2.09. The van der Waals surface area contributed by atoms with E-state index in [9.17, 15) is 18.8 Å². The molecule has 1 aromatic heterocycles. The van der Waals surface area contributed by atoms with Gasteiger partial charge in [-0.2, -0.15) is 9.78 Å². The van der Waals surface area contributed by atoms with Gasteiger partial charge in [0.25, 0.3) is 11.5 Å². The number of carbonyl (C=O) groups is 1. The number of hydrogen-bond donors (Lipinski definition) is 1. The zero-order valence-corrected chi connectivity index (χ0v) is 14.1. The van der Waals surface area contributed by atoms with E-state index in [0.717, 1.165) is 14.8 Å². The minimum atomic E-state index is -0.821. The summed E-state index contributed by atoms with van der Waals surface area (Å²) in [6.07, 6.45) is 0. The van der Waals surface area contributed by atoms with Crippen LogP contribution in [0.5, 0.6) is 0 Å². The van der Waals surface area contributed by atoms with E-state index in [-0.39, 0.29) is 0 Å². The number of halogens is 1. The highest BCUT2D eigenvalue weighted by Gasteiger charge is 2.18. The van der Waals surface area contributed by atoms with Gasteiger partial charge in [-0.3, -0.25) is 14.2 Å². The van der Waals surface area contributed by atoms with Gasteiger partial charge in [0, 0.05) is 12.7 Å². The van der Waals surface area contributed by atoms with Crippen LogP contribution in [0, 0.1) is 12.7 Å². The molecule has 2 aromatic carbocycles. The van der Waals surface area contributed by atoms with Crippen LogP contribution in [0.3, 0.4) is 0 Å². The standard InChI is InChI=1S/C18H15FN4O3/c1-11-3-9-14(10-4-11)23-18(26)22(2)17(25)15(21-23)16(24)20-13-7-5-12(19)6-8-13/h3-10H,1-2H3,(H,20,24). The van der Waals surface area contributed by atoms with Crippen LogP contribution in [0.15, 0.2) is 58.1 Å². The molecule has 1 amide bonds. The van der Waals surface area contributed by atoms with E-state index in [1.165, 1.54) is 31.3 Å². The number of aromatic nitrogens is 3. The SMILES string of the molecule is Cc1ccc(-n2nc(C(=O)Nc3ccc(F)cc3)c(=O)n(C)c2=O)cc1. The maximum Gasteiger partial charge on any atom is 0.351 e. The van der Waals surface area contributed by atoms with Crippen molar-refractivity contribution in [3.63, 3.8) is 0 Å². The summed E-state index contributed by atoms with van der Waals surface area (Å²) in [7, 11) is 1.27. The number of rotatable bonds is 3. The number of benzene rings is 2. The lowest BCUT2D eigenvalue weighted by Crippen LogP contribution is -2.43. The first-order chi connectivity index (χ1) is 12.4. The second-order valence-corrected chi connectivity index (χ2v) is 5.70. The van der Waals surface area contributed by atoms with Crippen molar-refractivity contribution in [2.24, 2.45) is 7.05 Å². The third-order valence-electron chi connectivity index (χ3n) is 3.77. The highest BCUT2D eigenvalue weighted by atomic mass is 19.1. The Labute approximate surface area is 147 Å². The van der Waals surface area contributed by atoms with Crippen molar-refractivity contribution in [2.45, 2.75) is 6.92 Å². The maximum absolute atomic E-state index is 13.0. The Morgan fingerprint density at radius 3 is 2.27 bits per heavy atom. The molecular formula is C18H15FN4O3. The summed E-state index contributed by atoms with van der Waals surface area (Å²) in [5.41, 5.74) is -0.228. The Kier molecular flexibility index (Phi) is 4.49. The number of amides is 1. The molecule has 7 nitrogen and oxygen atoms in total. The van der Waals surface area contributed by atoms with Crippen LogP contribution in [0.25, 0.3) is 5.69 Å². The predicted octanol–water partition coefficient (Wildman–Crippen LogP) is 1.63. The van der Waals surface area contributed by atoms with Crippen LogP contribution in [0.2, 0.25) is 0 Å². The molecule has 132 valence electrons. The molecule has 0 aliphatic heterocycles. The van der Waals surface area contributed by atoms with Gasteiger partial charge in [-0.25, -0.2) is 9.18 Å². The molecule has 0 spiro atoms. The summed E-state index contributed by atoms with van der Waals surface area (Å²) in [6, 6.07) is 12.0. The van der Waals surface area contributed by atoms with Crippen LogP contribution < -0.4 is 16.6 Å². The molecule has 26 heavy (non-hydrogen) atoms. The summed E-state index contributed by atoms with van der Waals surface area (Å²) < 4.78 is 14.8. The van der Waals surface area contributed by atoms with Gasteiger partial charge in [-0.15, -0.1) is 0 Å². The summed E-state index contributed by atoms with van der Waals surface area (Å²) in [5, 5.41) is 6.39. The highest BCUT2D eigenvalue weighted by molar-refractivity contribution is 6.02. The summed E-state index contributed by atoms with van der Waals surface area (Å²) in [6.45, 7) is 1.89. The fourth-order valence-corrected chi connectivity index (χ4v) is 2.29. The molecule has 0 atom stereocenters. The third-order valence-corrected chi connectivity index (χ3v) is 3.77. The van der Waals surface area contributed by atoms with Crippen LogP contribution >= 0.6 is 0 Å². The maximum atomic E-state index is 13.0. The van der Waals surface area contributed by atoms with E-state index in [0.29, 0.717) is 11.4 Å². The molecule has 0 aliphatic rings. The first-order valence-corrected chi connectivity index (χ1v) is 7.71. The van der Waals surface area contributed by atoms with E-state index < -0.39 is 28.7 Å². The zero-order chi connectivity index (χ0) is 18.8. The van der Waals surface area contributed by atoms with E-state index >= 15 is 0 Å². The van der Waals surface area contributed by atoms with Crippen LogP contribution in [-0.2, 0) is 7.05 Å². The van der Waals surface area contributed by atoms with Gasteiger partial charge in [0.1, 0.15) is 5.82 Å². The number of anilines is 1. The monoisotopic (exact) mass is 354 g/mol. The fraction of sp³-hybridized carbons (Fsp3) is 0.111. The average molecular weight is 354 g/mol. The van der Waals surface area contributed by atoms with E-state index in [1.807, 2.05) is 6.92 Å². The number of nitrogens with zero attached hydrogens (tertiary/aromatic N) is 3. The molecule has 1 heterocycles. The lowest BCUT2D eigenvalue weighted by atomic mass is 10.2. The molecule has 0 aliphatic carbocycles. The Morgan fingerprint density at radius 2 is 1.65 bits per heavy atom.